The second kappa shape index (κ2) is 10.7. The number of hydrogen-bond acceptors (Lipinski definition) is 0. The summed E-state index contributed by atoms with van der Waals surface area (Å²) in [5.41, 5.74) is 7.55. The van der Waals surface area contributed by atoms with Crippen LogP contribution in [0.3, 0.4) is 0 Å². The van der Waals surface area contributed by atoms with E-state index in [-0.39, 0.29) is 0 Å². The van der Waals surface area contributed by atoms with Gasteiger partial charge in [-0.25, -0.2) is 0 Å². The largest absolute Gasteiger partial charge is 0.0616 e. The van der Waals surface area contributed by atoms with Crippen molar-refractivity contribution in [2.45, 2.75) is 0 Å². The predicted octanol–water partition coefficient (Wildman–Crippen LogP) is 13.6. The zero-order valence-electron chi connectivity index (χ0n) is 26.3. The van der Waals surface area contributed by atoms with Crippen LogP contribution in [-0.2, 0) is 0 Å². The molecular weight excluding hydrogens is 577 g/mol. The van der Waals surface area contributed by atoms with Crippen LogP contribution in [0.2, 0.25) is 0 Å². The summed E-state index contributed by atoms with van der Waals surface area (Å²) in [5, 5.41) is 15.3. The molecule has 0 unspecified atom stereocenters. The molecule has 10 aromatic rings. The maximum Gasteiger partial charge on any atom is -0.00261 e. The van der Waals surface area contributed by atoms with Gasteiger partial charge in [0.1, 0.15) is 0 Å². The Labute approximate surface area is 279 Å². The molecule has 48 heavy (non-hydrogen) atoms. The van der Waals surface area contributed by atoms with Gasteiger partial charge >= 0.3 is 0 Å². The summed E-state index contributed by atoms with van der Waals surface area (Å²) in [6, 6.07) is 67.2. The quantitative estimate of drug-likeness (QED) is 0.139. The van der Waals surface area contributed by atoms with E-state index in [0.717, 1.165) is 0 Å². The molecule has 0 saturated heterocycles. The second-order valence-electron chi connectivity index (χ2n) is 12.9. The van der Waals surface area contributed by atoms with Gasteiger partial charge in [0, 0.05) is 0 Å². The molecule has 0 N–H and O–H groups in total. The first-order valence-electron chi connectivity index (χ1n) is 16.7. The van der Waals surface area contributed by atoms with Crippen LogP contribution in [0.25, 0.3) is 98.0 Å². The van der Waals surface area contributed by atoms with Gasteiger partial charge in [-0.3, -0.25) is 0 Å². The maximum absolute atomic E-state index is 2.40. The van der Waals surface area contributed by atoms with Crippen LogP contribution in [0.5, 0.6) is 0 Å². The summed E-state index contributed by atoms with van der Waals surface area (Å²) in [6.07, 6.45) is 0. The summed E-state index contributed by atoms with van der Waals surface area (Å²) in [7, 11) is 0. The van der Waals surface area contributed by atoms with E-state index in [4.69, 9.17) is 0 Å². The summed E-state index contributed by atoms with van der Waals surface area (Å²) in [6.45, 7) is 0. The number of rotatable bonds is 3. The van der Waals surface area contributed by atoms with Gasteiger partial charge in [0.05, 0.1) is 0 Å². The topological polar surface area (TPSA) is 0 Å². The molecule has 10 aromatic carbocycles. The molecular formula is C48H30. The molecule has 0 aliphatic rings. The van der Waals surface area contributed by atoms with Crippen LogP contribution in [0.1, 0.15) is 0 Å². The smallest absolute Gasteiger partial charge is 0.00261 e. The zero-order valence-corrected chi connectivity index (χ0v) is 26.3. The second-order valence-corrected chi connectivity index (χ2v) is 12.9. The van der Waals surface area contributed by atoms with Crippen LogP contribution in [0.4, 0.5) is 0 Å². The van der Waals surface area contributed by atoms with Gasteiger partial charge in [-0.2, -0.15) is 0 Å². The minimum Gasteiger partial charge on any atom is -0.0616 e. The van der Waals surface area contributed by atoms with Gasteiger partial charge in [-0.1, -0.05) is 158 Å². The highest BCUT2D eigenvalue weighted by Crippen LogP contribution is 2.45. The standard InChI is InChI=1S/C48H30/c1-2-11-34-27-35(21-17-31(34)9-1)36-22-23-38-29-39(26-24-37(38)28-36)47-42-13-5-7-15-44(42)48(45-16-8-6-14-43(45)47)40-25-20-33-19-18-32-10-3-4-12-41(32)46(33)30-40/h1-30H. The molecule has 0 heteroatoms. The highest BCUT2D eigenvalue weighted by molar-refractivity contribution is 6.22. The van der Waals surface area contributed by atoms with Crippen molar-refractivity contribution in [3.05, 3.63) is 182 Å². The maximum atomic E-state index is 2.40. The average molecular weight is 607 g/mol. The van der Waals surface area contributed by atoms with Gasteiger partial charge in [-0.15, -0.1) is 0 Å². The van der Waals surface area contributed by atoms with E-state index in [1.54, 1.807) is 0 Å². The van der Waals surface area contributed by atoms with E-state index in [2.05, 4.69) is 182 Å². The number of benzene rings is 10. The van der Waals surface area contributed by atoms with E-state index in [0.29, 0.717) is 0 Å². The van der Waals surface area contributed by atoms with Crippen molar-refractivity contribution in [1.82, 2.24) is 0 Å². The van der Waals surface area contributed by atoms with Gasteiger partial charge < -0.3 is 0 Å². The Hall–Kier alpha value is -6.24. The van der Waals surface area contributed by atoms with Gasteiger partial charge in [-0.05, 0) is 122 Å². The Morgan fingerprint density at radius 1 is 0.188 bits per heavy atom. The molecule has 0 fully saturated rings. The third-order valence-electron chi connectivity index (χ3n) is 10.2. The third-order valence-corrected chi connectivity index (χ3v) is 10.2. The van der Waals surface area contributed by atoms with Gasteiger partial charge in [0.25, 0.3) is 0 Å². The summed E-state index contributed by atoms with van der Waals surface area (Å²) in [4.78, 5) is 0. The summed E-state index contributed by atoms with van der Waals surface area (Å²) >= 11 is 0. The van der Waals surface area contributed by atoms with Gasteiger partial charge in [0.2, 0.25) is 0 Å². The molecule has 0 radical (unpaired) electrons. The Bertz CT molecular complexity index is 2830. The molecule has 0 nitrogen and oxygen atoms in total. The van der Waals surface area contributed by atoms with Crippen LogP contribution in [0.15, 0.2) is 182 Å². The average Bonchev–Trinajstić information content (AvgIpc) is 3.16. The summed E-state index contributed by atoms with van der Waals surface area (Å²) < 4.78 is 0. The normalized spacial score (nSPS) is 11.8. The fraction of sp³-hybridized carbons (Fsp3) is 0. The first-order valence-corrected chi connectivity index (χ1v) is 16.7. The van der Waals surface area contributed by atoms with Crippen molar-refractivity contribution in [3.8, 4) is 33.4 Å². The molecule has 0 aromatic heterocycles. The van der Waals surface area contributed by atoms with Crippen molar-refractivity contribution in [2.75, 3.05) is 0 Å². The van der Waals surface area contributed by atoms with E-state index in [1.807, 2.05) is 0 Å². The SMILES string of the molecule is c1ccc2cc(-c3ccc4cc(-c5c6ccccc6c(-c6ccc7ccc8ccccc8c7c6)c6ccccc56)ccc4c3)ccc2c1. The molecule has 222 valence electrons. The van der Waals surface area contributed by atoms with Crippen LogP contribution < -0.4 is 0 Å². The molecule has 0 amide bonds. The van der Waals surface area contributed by atoms with Crippen molar-refractivity contribution < 1.29 is 0 Å². The lowest BCUT2D eigenvalue weighted by Gasteiger charge is -2.18. The Morgan fingerprint density at radius 2 is 0.521 bits per heavy atom. The molecule has 0 atom stereocenters. The minimum atomic E-state index is 1.24. The van der Waals surface area contributed by atoms with E-state index >= 15 is 0 Å². The minimum absolute atomic E-state index is 1.24. The van der Waals surface area contributed by atoms with Crippen LogP contribution in [0, 0.1) is 0 Å². The van der Waals surface area contributed by atoms with E-state index in [1.165, 1.54) is 98.0 Å². The van der Waals surface area contributed by atoms with Crippen LogP contribution in [-0.4, -0.2) is 0 Å². The van der Waals surface area contributed by atoms with Crippen molar-refractivity contribution in [1.29, 1.82) is 0 Å². The lowest BCUT2D eigenvalue weighted by atomic mass is 9.85. The summed E-state index contributed by atoms with van der Waals surface area (Å²) in [5.74, 6) is 0. The van der Waals surface area contributed by atoms with Crippen LogP contribution >= 0.6 is 0 Å². The molecule has 0 aliphatic heterocycles. The fourth-order valence-corrected chi connectivity index (χ4v) is 7.86. The fourth-order valence-electron chi connectivity index (χ4n) is 7.86. The lowest BCUT2D eigenvalue weighted by Crippen LogP contribution is -1.91. The van der Waals surface area contributed by atoms with E-state index in [9.17, 15) is 0 Å². The Morgan fingerprint density at radius 3 is 1.10 bits per heavy atom. The number of fused-ring (bicyclic) bond motifs is 7. The molecule has 0 saturated carbocycles. The van der Waals surface area contributed by atoms with E-state index < -0.39 is 0 Å². The zero-order chi connectivity index (χ0) is 31.6. The Kier molecular flexibility index (Phi) is 5.98. The third kappa shape index (κ3) is 4.24. The highest BCUT2D eigenvalue weighted by Gasteiger charge is 2.17. The monoisotopic (exact) mass is 606 g/mol. The highest BCUT2D eigenvalue weighted by atomic mass is 14.2. The number of hydrogen-bond donors (Lipinski definition) is 0. The van der Waals surface area contributed by atoms with Gasteiger partial charge in [0.15, 0.2) is 0 Å². The molecule has 0 aliphatic carbocycles. The molecule has 10 rings (SSSR count). The molecule has 0 spiro atoms. The first kappa shape index (κ1) is 26.9. The Balaban J connectivity index is 1.16. The van der Waals surface area contributed by atoms with Crippen molar-refractivity contribution in [2.24, 2.45) is 0 Å². The first-order chi connectivity index (χ1) is 23.8. The molecule has 0 heterocycles. The van der Waals surface area contributed by atoms with Crippen molar-refractivity contribution >= 4 is 64.6 Å². The van der Waals surface area contributed by atoms with Crippen molar-refractivity contribution in [3.63, 3.8) is 0 Å². The molecule has 0 bridgehead atoms. The lowest BCUT2D eigenvalue weighted by molar-refractivity contribution is 1.66. The predicted molar refractivity (Wildman–Crippen MR) is 208 cm³/mol.